The van der Waals surface area contributed by atoms with Gasteiger partial charge in [-0.15, -0.1) is 0 Å². The van der Waals surface area contributed by atoms with Crippen molar-refractivity contribution < 1.29 is 18.0 Å². The number of amides is 1. The number of fused-ring (bicyclic) bond motifs is 1. The Hall–Kier alpha value is -3.53. The fourth-order valence-electron chi connectivity index (χ4n) is 4.21. The second-order valence-corrected chi connectivity index (χ2v) is 11.2. The molecule has 0 bridgehead atoms. The molecule has 9 nitrogen and oxygen atoms in total. The van der Waals surface area contributed by atoms with Gasteiger partial charge in [-0.3, -0.25) is 14.6 Å². The van der Waals surface area contributed by atoms with Crippen molar-refractivity contribution in [1.82, 2.24) is 19.9 Å². The van der Waals surface area contributed by atoms with Crippen LogP contribution < -0.4 is 5.32 Å². The lowest BCUT2D eigenvalue weighted by Crippen LogP contribution is -2.39. The summed E-state index contributed by atoms with van der Waals surface area (Å²) >= 11 is 0. The molecule has 0 spiro atoms. The molecule has 0 fully saturated rings. The summed E-state index contributed by atoms with van der Waals surface area (Å²) in [5.74, 6) is 0.581. The Morgan fingerprint density at radius 2 is 1.89 bits per heavy atom. The quantitative estimate of drug-likeness (QED) is 0.554. The van der Waals surface area contributed by atoms with Crippen LogP contribution in [0.15, 0.2) is 41.4 Å². The third-order valence-electron chi connectivity index (χ3n) is 6.26. The molecule has 1 amide bonds. The Kier molecular flexibility index (Phi) is 6.50. The zero-order valence-corrected chi connectivity index (χ0v) is 20.9. The van der Waals surface area contributed by atoms with Gasteiger partial charge in [0, 0.05) is 23.1 Å². The number of carbonyl (C=O) groups is 2. The van der Waals surface area contributed by atoms with Crippen molar-refractivity contribution in [3.63, 3.8) is 0 Å². The van der Waals surface area contributed by atoms with Gasteiger partial charge in [-0.1, -0.05) is 6.92 Å². The third-order valence-corrected chi connectivity index (χ3v) is 7.98. The second-order valence-electron chi connectivity index (χ2n) is 8.91. The Morgan fingerprint density at radius 1 is 1.11 bits per heavy atom. The van der Waals surface area contributed by atoms with E-state index in [0.29, 0.717) is 47.1 Å². The fourth-order valence-corrected chi connectivity index (χ4v) is 5.03. The van der Waals surface area contributed by atoms with Crippen LogP contribution in [0.1, 0.15) is 59.2 Å². The highest BCUT2D eigenvalue weighted by Gasteiger charge is 2.42. The van der Waals surface area contributed by atoms with Crippen LogP contribution in [0.25, 0.3) is 0 Å². The number of nitrogens with one attached hydrogen (secondary N) is 1. The number of rotatable bonds is 6. The number of aromatic nitrogens is 4. The summed E-state index contributed by atoms with van der Waals surface area (Å²) in [6.07, 6.45) is 2.35. The van der Waals surface area contributed by atoms with Crippen LogP contribution in [0.5, 0.6) is 0 Å². The number of hydrogen-bond acceptors (Lipinski definition) is 8. The number of anilines is 1. The topological polar surface area (TPSA) is 132 Å². The molecule has 182 valence electrons. The first kappa shape index (κ1) is 24.6. The minimum absolute atomic E-state index is 0.0154. The van der Waals surface area contributed by atoms with E-state index in [4.69, 9.17) is 0 Å². The molecule has 1 N–H and O–H groups in total. The smallest absolute Gasteiger partial charge is 0.231 e. The highest BCUT2D eigenvalue weighted by Crippen LogP contribution is 2.37. The molecule has 1 aliphatic carbocycles. The van der Waals surface area contributed by atoms with Crippen LogP contribution in [0.3, 0.4) is 0 Å². The zero-order chi connectivity index (χ0) is 25.4. The Labute approximate surface area is 204 Å². The molecular weight excluding hydrogens is 466 g/mol. The predicted octanol–water partition coefficient (Wildman–Crippen LogP) is 2.95. The third kappa shape index (κ3) is 4.97. The van der Waals surface area contributed by atoms with Crippen LogP contribution in [0.4, 0.5) is 5.82 Å². The van der Waals surface area contributed by atoms with Gasteiger partial charge in [0.25, 0.3) is 0 Å². The highest BCUT2D eigenvalue weighted by atomic mass is 32.2. The van der Waals surface area contributed by atoms with Gasteiger partial charge in [0.1, 0.15) is 11.6 Å². The van der Waals surface area contributed by atoms with Crippen molar-refractivity contribution >= 4 is 27.3 Å². The van der Waals surface area contributed by atoms with Gasteiger partial charge in [-0.05, 0) is 63.9 Å². The standard InChI is InChI=1S/C25H27N5O4S/c1-5-35(33,34)18-7-6-17(26-14-18)13-23(31)30-22-9-8-19-20(29-22)10-11-25(4,24(19)32)21-12-15(2)27-16(3)28-21/h6-9,12,14H,5,10-11,13H2,1-4H3,(H,29,30,31). The van der Waals surface area contributed by atoms with E-state index in [-0.39, 0.29) is 28.8 Å². The van der Waals surface area contributed by atoms with Crippen molar-refractivity contribution in [1.29, 1.82) is 0 Å². The molecule has 3 aromatic heterocycles. The van der Waals surface area contributed by atoms with Crippen molar-refractivity contribution in [2.24, 2.45) is 0 Å². The van der Waals surface area contributed by atoms with E-state index in [2.05, 4.69) is 25.3 Å². The normalized spacial score (nSPS) is 17.7. The molecule has 4 rings (SSSR count). The van der Waals surface area contributed by atoms with Gasteiger partial charge in [0.2, 0.25) is 5.91 Å². The van der Waals surface area contributed by atoms with Gasteiger partial charge in [-0.25, -0.2) is 23.4 Å². The maximum absolute atomic E-state index is 13.4. The predicted molar refractivity (Wildman–Crippen MR) is 130 cm³/mol. The van der Waals surface area contributed by atoms with E-state index in [0.717, 1.165) is 5.69 Å². The van der Waals surface area contributed by atoms with Crippen molar-refractivity contribution in [2.45, 2.75) is 57.3 Å². The molecule has 0 aromatic carbocycles. The molecule has 0 radical (unpaired) electrons. The van der Waals surface area contributed by atoms with Crippen LogP contribution in [0.2, 0.25) is 0 Å². The molecule has 0 aliphatic heterocycles. The Bertz CT molecular complexity index is 1400. The summed E-state index contributed by atoms with van der Waals surface area (Å²) < 4.78 is 23.8. The number of carbonyl (C=O) groups excluding carboxylic acids is 2. The van der Waals surface area contributed by atoms with Gasteiger partial charge in [0.05, 0.1) is 33.9 Å². The maximum Gasteiger partial charge on any atom is 0.231 e. The number of sulfone groups is 1. The molecule has 35 heavy (non-hydrogen) atoms. The molecular formula is C25H27N5O4S. The zero-order valence-electron chi connectivity index (χ0n) is 20.1. The monoisotopic (exact) mass is 493 g/mol. The summed E-state index contributed by atoms with van der Waals surface area (Å²) in [5, 5.41) is 2.74. The average molecular weight is 494 g/mol. The molecule has 3 aromatic rings. The molecule has 3 heterocycles. The number of pyridine rings is 2. The first-order valence-electron chi connectivity index (χ1n) is 11.4. The van der Waals surface area contributed by atoms with Gasteiger partial charge in [-0.2, -0.15) is 0 Å². The van der Waals surface area contributed by atoms with Crippen LogP contribution in [-0.4, -0.2) is 45.8 Å². The van der Waals surface area contributed by atoms with E-state index in [9.17, 15) is 18.0 Å². The van der Waals surface area contributed by atoms with Gasteiger partial charge >= 0.3 is 0 Å². The summed E-state index contributed by atoms with van der Waals surface area (Å²) in [6.45, 7) is 7.16. The largest absolute Gasteiger partial charge is 0.310 e. The summed E-state index contributed by atoms with van der Waals surface area (Å²) in [4.78, 5) is 43.5. The van der Waals surface area contributed by atoms with Gasteiger partial charge < -0.3 is 5.32 Å². The lowest BCUT2D eigenvalue weighted by molar-refractivity contribution is -0.115. The van der Waals surface area contributed by atoms with E-state index in [1.807, 2.05) is 26.8 Å². The first-order chi connectivity index (χ1) is 16.5. The molecule has 0 saturated carbocycles. The molecule has 0 saturated heterocycles. The number of aryl methyl sites for hydroxylation is 3. The lowest BCUT2D eigenvalue weighted by atomic mass is 9.71. The summed E-state index contributed by atoms with van der Waals surface area (Å²) in [7, 11) is -3.34. The fraction of sp³-hybridized carbons (Fsp3) is 0.360. The number of hydrogen-bond donors (Lipinski definition) is 1. The van der Waals surface area contributed by atoms with E-state index in [1.165, 1.54) is 18.3 Å². The minimum Gasteiger partial charge on any atom is -0.310 e. The summed E-state index contributed by atoms with van der Waals surface area (Å²) in [5.41, 5.74) is 2.37. The van der Waals surface area contributed by atoms with E-state index >= 15 is 0 Å². The summed E-state index contributed by atoms with van der Waals surface area (Å²) in [6, 6.07) is 8.14. The first-order valence-corrected chi connectivity index (χ1v) is 13.0. The second kappa shape index (κ2) is 9.26. The molecule has 1 unspecified atom stereocenters. The van der Waals surface area contributed by atoms with Crippen molar-refractivity contribution in [3.05, 3.63) is 70.7 Å². The van der Waals surface area contributed by atoms with Crippen LogP contribution in [0, 0.1) is 13.8 Å². The highest BCUT2D eigenvalue weighted by molar-refractivity contribution is 7.91. The molecule has 1 atom stereocenters. The van der Waals surface area contributed by atoms with E-state index < -0.39 is 15.3 Å². The van der Waals surface area contributed by atoms with Crippen LogP contribution in [-0.2, 0) is 32.9 Å². The van der Waals surface area contributed by atoms with Crippen molar-refractivity contribution in [3.8, 4) is 0 Å². The average Bonchev–Trinajstić information content (AvgIpc) is 2.81. The van der Waals surface area contributed by atoms with Crippen molar-refractivity contribution in [2.75, 3.05) is 11.1 Å². The van der Waals surface area contributed by atoms with E-state index in [1.54, 1.807) is 19.1 Å². The van der Waals surface area contributed by atoms with Gasteiger partial charge in [0.15, 0.2) is 15.6 Å². The molecule has 10 heteroatoms. The lowest BCUT2D eigenvalue weighted by Gasteiger charge is -2.32. The number of nitrogens with zero attached hydrogens (tertiary/aromatic N) is 4. The molecule has 1 aliphatic rings. The number of ketones is 1. The Morgan fingerprint density at radius 3 is 2.54 bits per heavy atom. The minimum atomic E-state index is -3.34. The van der Waals surface area contributed by atoms with Crippen LogP contribution >= 0.6 is 0 Å². The SMILES string of the molecule is CCS(=O)(=O)c1ccc(CC(=O)Nc2ccc3c(n2)CCC(C)(c2cc(C)nc(C)n2)C3=O)nc1. The number of Topliss-reactive ketones (excluding diaryl/α,β-unsaturated/α-hetero) is 1. The Balaban J connectivity index is 1.48. The maximum atomic E-state index is 13.4.